The van der Waals surface area contributed by atoms with Crippen molar-refractivity contribution >= 4 is 50.0 Å². The van der Waals surface area contributed by atoms with E-state index < -0.39 is 12.1 Å². The molecule has 0 aliphatic carbocycles. The van der Waals surface area contributed by atoms with Gasteiger partial charge in [-0.2, -0.15) is 0 Å². The molecule has 3 aromatic rings. The van der Waals surface area contributed by atoms with Crippen LogP contribution in [0.2, 0.25) is 5.02 Å². The van der Waals surface area contributed by atoms with Gasteiger partial charge >= 0.3 is 0 Å². The van der Waals surface area contributed by atoms with Crippen LogP contribution in [0.4, 0.5) is 5.13 Å². The first-order valence-electron chi connectivity index (χ1n) is 9.51. The molecule has 2 aliphatic heterocycles. The zero-order chi connectivity index (χ0) is 20.1. The lowest BCUT2D eigenvalue weighted by molar-refractivity contribution is -0.136. The number of fused-ring (bicyclic) bond motifs is 2. The predicted octanol–water partition coefficient (Wildman–Crippen LogP) is 3.16. The van der Waals surface area contributed by atoms with Gasteiger partial charge in [-0.1, -0.05) is 47.2 Å². The number of rotatable bonds is 3. The fourth-order valence-electron chi connectivity index (χ4n) is 4.16. The molecular formula is C21H19ClN4O2S. The summed E-state index contributed by atoms with van der Waals surface area (Å²) in [5.74, 6) is -1.35. The molecule has 6 nitrogen and oxygen atoms in total. The second-order valence-electron chi connectivity index (χ2n) is 7.52. The molecule has 2 fully saturated rings. The average Bonchev–Trinajstić information content (AvgIpc) is 3.26. The van der Waals surface area contributed by atoms with Crippen molar-refractivity contribution < 1.29 is 9.59 Å². The summed E-state index contributed by atoms with van der Waals surface area (Å²) in [4.78, 5) is 31.0. The van der Waals surface area contributed by atoms with Crippen molar-refractivity contribution in [1.29, 1.82) is 0 Å². The maximum Gasteiger partial charge on any atom is 0.257 e. The average molecular weight is 427 g/mol. The van der Waals surface area contributed by atoms with Crippen molar-refractivity contribution in [2.45, 2.75) is 25.6 Å². The van der Waals surface area contributed by atoms with Crippen LogP contribution in [0, 0.1) is 11.8 Å². The molecule has 5 rings (SSSR count). The van der Waals surface area contributed by atoms with Gasteiger partial charge in [0.15, 0.2) is 5.78 Å². The Kier molecular flexibility index (Phi) is 4.63. The SMILES string of the molecule is CC1NC2NN(c3nc4ccccc4s3)C(=O)C2C(=O)C1Cc1cccc(Cl)c1. The molecular weight excluding hydrogens is 408 g/mol. The smallest absolute Gasteiger partial charge is 0.257 e. The van der Waals surface area contributed by atoms with Gasteiger partial charge in [0.2, 0.25) is 5.13 Å². The van der Waals surface area contributed by atoms with Crippen LogP contribution in [0.15, 0.2) is 48.5 Å². The normalized spacial score (nSPS) is 26.9. The summed E-state index contributed by atoms with van der Waals surface area (Å²) in [6.07, 6.45) is 0.123. The van der Waals surface area contributed by atoms with E-state index >= 15 is 0 Å². The van der Waals surface area contributed by atoms with E-state index in [1.165, 1.54) is 16.3 Å². The molecule has 148 valence electrons. The number of Topliss-reactive ketones (excluding diaryl/α,β-unsaturated/α-hetero) is 1. The van der Waals surface area contributed by atoms with E-state index in [0.29, 0.717) is 16.6 Å². The number of aromatic nitrogens is 1. The zero-order valence-corrected chi connectivity index (χ0v) is 17.2. The number of hydrazine groups is 1. The molecule has 0 spiro atoms. The van der Waals surface area contributed by atoms with Gasteiger partial charge in [-0.05, 0) is 43.2 Å². The fraction of sp³-hybridized carbons (Fsp3) is 0.286. The number of nitrogens with one attached hydrogen (secondary N) is 2. The van der Waals surface area contributed by atoms with Crippen molar-refractivity contribution in [2.24, 2.45) is 11.8 Å². The quantitative estimate of drug-likeness (QED) is 0.629. The number of piperidine rings is 1. The standard InChI is InChI=1S/C21H19ClN4O2S/c1-11-14(10-12-5-4-6-13(22)9-12)18(27)17-19(23-11)25-26(20(17)28)21-24-15-7-2-3-8-16(15)29-21/h2-9,11,14,17,19,23,25H,10H2,1H3. The van der Waals surface area contributed by atoms with Gasteiger partial charge < -0.3 is 0 Å². The molecule has 2 aromatic carbocycles. The number of halogens is 1. The molecule has 0 radical (unpaired) electrons. The van der Waals surface area contributed by atoms with Gasteiger partial charge in [0.25, 0.3) is 5.91 Å². The number of thiazole rings is 1. The molecule has 1 aromatic heterocycles. The molecule has 1 amide bonds. The Morgan fingerprint density at radius 1 is 1.17 bits per heavy atom. The highest BCUT2D eigenvalue weighted by atomic mass is 35.5. The van der Waals surface area contributed by atoms with E-state index in [-0.39, 0.29) is 23.7 Å². The highest BCUT2D eigenvalue weighted by molar-refractivity contribution is 7.22. The molecule has 29 heavy (non-hydrogen) atoms. The van der Waals surface area contributed by atoms with Crippen LogP contribution < -0.4 is 15.8 Å². The third kappa shape index (κ3) is 3.24. The van der Waals surface area contributed by atoms with Crippen LogP contribution in [-0.2, 0) is 16.0 Å². The van der Waals surface area contributed by atoms with Crippen LogP contribution in [0.25, 0.3) is 10.2 Å². The topological polar surface area (TPSA) is 74.3 Å². The maximum absolute atomic E-state index is 13.3. The molecule has 4 unspecified atom stereocenters. The van der Waals surface area contributed by atoms with Crippen LogP contribution in [0.5, 0.6) is 0 Å². The number of anilines is 1. The Balaban J connectivity index is 1.41. The van der Waals surface area contributed by atoms with Crippen LogP contribution in [0.3, 0.4) is 0 Å². The Hall–Kier alpha value is -2.32. The lowest BCUT2D eigenvalue weighted by Crippen LogP contribution is -2.59. The van der Waals surface area contributed by atoms with Gasteiger partial charge in [-0.15, -0.1) is 0 Å². The van der Waals surface area contributed by atoms with Crippen molar-refractivity contribution in [3.8, 4) is 0 Å². The predicted molar refractivity (Wildman–Crippen MR) is 114 cm³/mol. The van der Waals surface area contributed by atoms with Crippen LogP contribution >= 0.6 is 22.9 Å². The number of para-hydroxylation sites is 1. The number of nitrogens with zero attached hydrogens (tertiary/aromatic N) is 2. The van der Waals surface area contributed by atoms with Crippen molar-refractivity contribution in [3.63, 3.8) is 0 Å². The van der Waals surface area contributed by atoms with E-state index in [2.05, 4.69) is 15.7 Å². The van der Waals surface area contributed by atoms with E-state index in [1.807, 2.05) is 55.5 Å². The first-order valence-corrected chi connectivity index (χ1v) is 10.7. The zero-order valence-electron chi connectivity index (χ0n) is 15.6. The number of hydrogen-bond donors (Lipinski definition) is 2. The minimum atomic E-state index is -0.762. The van der Waals surface area contributed by atoms with Gasteiger partial charge in [-0.25, -0.2) is 15.4 Å². The highest BCUT2D eigenvalue weighted by Crippen LogP contribution is 2.34. The molecule has 2 N–H and O–H groups in total. The van der Waals surface area contributed by atoms with E-state index in [9.17, 15) is 9.59 Å². The fourth-order valence-corrected chi connectivity index (χ4v) is 5.31. The first kappa shape index (κ1) is 18.7. The van der Waals surface area contributed by atoms with E-state index in [0.717, 1.165) is 15.8 Å². The minimum absolute atomic E-state index is 0.0395. The number of hydrogen-bond acceptors (Lipinski definition) is 6. The Morgan fingerprint density at radius 3 is 2.79 bits per heavy atom. The summed E-state index contributed by atoms with van der Waals surface area (Å²) in [5, 5.41) is 6.04. The van der Waals surface area contributed by atoms with Gasteiger partial charge in [0, 0.05) is 17.0 Å². The van der Waals surface area contributed by atoms with Gasteiger partial charge in [-0.3, -0.25) is 14.9 Å². The Labute approximate surface area is 176 Å². The molecule has 0 bridgehead atoms. The molecule has 8 heteroatoms. The summed E-state index contributed by atoms with van der Waals surface area (Å²) in [6, 6.07) is 15.2. The summed E-state index contributed by atoms with van der Waals surface area (Å²) in [7, 11) is 0. The van der Waals surface area contributed by atoms with E-state index in [4.69, 9.17) is 11.6 Å². The number of amides is 1. The molecule has 4 atom stereocenters. The lowest BCUT2D eigenvalue weighted by Gasteiger charge is -2.35. The van der Waals surface area contributed by atoms with Crippen LogP contribution in [-0.4, -0.2) is 28.9 Å². The molecule has 3 heterocycles. The van der Waals surface area contributed by atoms with Crippen molar-refractivity contribution in [2.75, 3.05) is 5.01 Å². The largest absolute Gasteiger partial charge is 0.298 e. The van der Waals surface area contributed by atoms with Crippen molar-refractivity contribution in [1.82, 2.24) is 15.7 Å². The van der Waals surface area contributed by atoms with Gasteiger partial charge in [0.05, 0.1) is 16.4 Å². The summed E-state index contributed by atoms with van der Waals surface area (Å²) in [6.45, 7) is 1.98. The number of ketones is 1. The first-order chi connectivity index (χ1) is 14.0. The maximum atomic E-state index is 13.3. The second-order valence-corrected chi connectivity index (χ2v) is 8.97. The highest BCUT2D eigenvalue weighted by Gasteiger charge is 2.52. The summed E-state index contributed by atoms with van der Waals surface area (Å²) in [5.41, 5.74) is 4.98. The summed E-state index contributed by atoms with van der Waals surface area (Å²) < 4.78 is 0.999. The van der Waals surface area contributed by atoms with Gasteiger partial charge in [0.1, 0.15) is 5.92 Å². The lowest BCUT2D eigenvalue weighted by atomic mass is 9.79. The molecule has 2 saturated heterocycles. The number of carbonyl (C=O) groups excluding carboxylic acids is 2. The van der Waals surface area contributed by atoms with E-state index in [1.54, 1.807) is 0 Å². The Morgan fingerprint density at radius 2 is 2.00 bits per heavy atom. The van der Waals surface area contributed by atoms with Crippen LogP contribution in [0.1, 0.15) is 12.5 Å². The second kappa shape index (κ2) is 7.18. The summed E-state index contributed by atoms with van der Waals surface area (Å²) >= 11 is 7.52. The number of benzene rings is 2. The Bertz CT molecular complexity index is 1080. The molecule has 2 aliphatic rings. The third-order valence-corrected chi connectivity index (χ3v) is 6.88. The minimum Gasteiger partial charge on any atom is -0.298 e. The third-order valence-electron chi connectivity index (χ3n) is 5.62. The molecule has 0 saturated carbocycles. The van der Waals surface area contributed by atoms with Crippen molar-refractivity contribution in [3.05, 3.63) is 59.1 Å². The monoisotopic (exact) mass is 426 g/mol. The number of carbonyl (C=O) groups is 2.